The fourth-order valence-electron chi connectivity index (χ4n) is 2.21. The summed E-state index contributed by atoms with van der Waals surface area (Å²) in [5.74, 6) is 0.822. The number of hydrogen-bond acceptors (Lipinski definition) is 4. The van der Waals surface area contributed by atoms with Gasteiger partial charge >= 0.3 is 0 Å². The number of halogens is 1. The van der Waals surface area contributed by atoms with Gasteiger partial charge in [-0.1, -0.05) is 11.6 Å². The first-order valence-corrected chi connectivity index (χ1v) is 6.61. The van der Waals surface area contributed by atoms with Crippen molar-refractivity contribution in [3.05, 3.63) is 22.7 Å². The van der Waals surface area contributed by atoms with Crippen molar-refractivity contribution in [2.45, 2.75) is 18.9 Å². The average Bonchev–Trinajstić information content (AvgIpc) is 3.06. The molecule has 1 atom stereocenters. The van der Waals surface area contributed by atoms with Crippen LogP contribution in [0.3, 0.4) is 0 Å². The Kier molecular flexibility index (Phi) is 3.48. The van der Waals surface area contributed by atoms with Crippen molar-refractivity contribution in [2.75, 3.05) is 19.9 Å². The van der Waals surface area contributed by atoms with E-state index < -0.39 is 0 Å². The quantitative estimate of drug-likeness (QED) is 0.921. The molecule has 1 aromatic rings. The van der Waals surface area contributed by atoms with Gasteiger partial charge in [0.05, 0.1) is 11.1 Å². The van der Waals surface area contributed by atoms with E-state index in [0.717, 1.165) is 19.4 Å². The molecule has 1 unspecified atom stereocenters. The maximum atomic E-state index is 12.0. The lowest BCUT2D eigenvalue weighted by atomic mass is 10.1. The van der Waals surface area contributed by atoms with Crippen LogP contribution in [-0.4, -0.2) is 32.0 Å². The van der Waals surface area contributed by atoms with Crippen LogP contribution in [0.25, 0.3) is 0 Å². The zero-order valence-electron chi connectivity index (χ0n) is 10.3. The lowest BCUT2D eigenvalue weighted by molar-refractivity contribution is 0.0857. The minimum absolute atomic E-state index is 0.119. The SMILES string of the molecule is O=C(NCC1CCCO1)c1cc(Cl)c2c(c1)OCO2. The fourth-order valence-corrected chi connectivity index (χ4v) is 2.48. The van der Waals surface area contributed by atoms with Gasteiger partial charge in [0.25, 0.3) is 5.91 Å². The van der Waals surface area contributed by atoms with Gasteiger partial charge in [-0.3, -0.25) is 4.79 Å². The summed E-state index contributed by atoms with van der Waals surface area (Å²) in [6.07, 6.45) is 2.16. The van der Waals surface area contributed by atoms with Gasteiger partial charge in [0.15, 0.2) is 11.5 Å². The minimum Gasteiger partial charge on any atom is -0.454 e. The highest BCUT2D eigenvalue weighted by molar-refractivity contribution is 6.32. The minimum atomic E-state index is -0.185. The van der Waals surface area contributed by atoms with Gasteiger partial charge in [-0.25, -0.2) is 0 Å². The van der Waals surface area contributed by atoms with Crippen LogP contribution in [0.15, 0.2) is 12.1 Å². The van der Waals surface area contributed by atoms with Crippen LogP contribution in [0.2, 0.25) is 5.02 Å². The maximum Gasteiger partial charge on any atom is 0.251 e. The maximum absolute atomic E-state index is 12.0. The van der Waals surface area contributed by atoms with Gasteiger partial charge in [0.1, 0.15) is 0 Å². The molecule has 6 heteroatoms. The van der Waals surface area contributed by atoms with Crippen LogP contribution < -0.4 is 14.8 Å². The Morgan fingerprint density at radius 1 is 1.42 bits per heavy atom. The predicted molar refractivity (Wildman–Crippen MR) is 68.9 cm³/mol. The molecule has 0 saturated carbocycles. The van der Waals surface area contributed by atoms with E-state index in [4.69, 9.17) is 25.8 Å². The molecule has 1 fully saturated rings. The lowest BCUT2D eigenvalue weighted by Crippen LogP contribution is -2.31. The highest BCUT2D eigenvalue weighted by atomic mass is 35.5. The summed E-state index contributed by atoms with van der Waals surface area (Å²) in [4.78, 5) is 12.0. The monoisotopic (exact) mass is 283 g/mol. The Morgan fingerprint density at radius 2 is 2.32 bits per heavy atom. The van der Waals surface area contributed by atoms with Crippen LogP contribution in [-0.2, 0) is 4.74 Å². The highest BCUT2D eigenvalue weighted by Gasteiger charge is 2.21. The molecule has 0 aliphatic carbocycles. The van der Waals surface area contributed by atoms with Crippen LogP contribution in [0, 0.1) is 0 Å². The molecule has 0 bridgehead atoms. The van der Waals surface area contributed by atoms with Crippen molar-refractivity contribution in [1.29, 1.82) is 0 Å². The second kappa shape index (κ2) is 5.27. The van der Waals surface area contributed by atoms with Crippen molar-refractivity contribution in [3.63, 3.8) is 0 Å². The highest BCUT2D eigenvalue weighted by Crippen LogP contribution is 2.39. The lowest BCUT2D eigenvalue weighted by Gasteiger charge is -2.11. The molecule has 19 heavy (non-hydrogen) atoms. The molecule has 2 aliphatic rings. The Morgan fingerprint density at radius 3 is 3.11 bits per heavy atom. The number of fused-ring (bicyclic) bond motifs is 1. The number of ether oxygens (including phenoxy) is 3. The van der Waals surface area contributed by atoms with Crippen molar-refractivity contribution in [1.82, 2.24) is 5.32 Å². The van der Waals surface area contributed by atoms with Crippen LogP contribution >= 0.6 is 11.6 Å². The van der Waals surface area contributed by atoms with Gasteiger partial charge in [-0.2, -0.15) is 0 Å². The van der Waals surface area contributed by atoms with Crippen molar-refractivity contribution >= 4 is 17.5 Å². The van der Waals surface area contributed by atoms with Gasteiger partial charge in [0.2, 0.25) is 6.79 Å². The van der Waals surface area contributed by atoms with Gasteiger partial charge in [-0.15, -0.1) is 0 Å². The Labute approximate surface area is 115 Å². The van der Waals surface area contributed by atoms with E-state index in [1.54, 1.807) is 12.1 Å². The first kappa shape index (κ1) is 12.6. The molecule has 3 rings (SSSR count). The molecule has 1 aromatic carbocycles. The smallest absolute Gasteiger partial charge is 0.251 e. The Balaban J connectivity index is 1.67. The number of carbonyl (C=O) groups excluding carboxylic acids is 1. The van der Waals surface area contributed by atoms with Gasteiger partial charge in [-0.05, 0) is 25.0 Å². The summed E-state index contributed by atoms with van der Waals surface area (Å²) in [7, 11) is 0. The fraction of sp³-hybridized carbons (Fsp3) is 0.462. The molecular formula is C13H14ClNO4. The standard InChI is InChI=1S/C13H14ClNO4/c14-10-4-8(5-11-12(10)19-7-18-11)13(16)15-6-9-2-1-3-17-9/h4-5,9H,1-3,6-7H2,(H,15,16). The van der Waals surface area contributed by atoms with Crippen LogP contribution in [0.4, 0.5) is 0 Å². The zero-order valence-corrected chi connectivity index (χ0v) is 11.0. The third-order valence-corrected chi connectivity index (χ3v) is 3.48. The summed E-state index contributed by atoms with van der Waals surface area (Å²) >= 11 is 6.04. The van der Waals surface area contributed by atoms with E-state index in [-0.39, 0.29) is 18.8 Å². The molecular weight excluding hydrogens is 270 g/mol. The first-order chi connectivity index (χ1) is 9.24. The molecule has 2 aliphatic heterocycles. The van der Waals surface area contributed by atoms with E-state index in [2.05, 4.69) is 5.32 Å². The number of amides is 1. The summed E-state index contributed by atoms with van der Waals surface area (Å²) in [5.41, 5.74) is 0.465. The molecule has 0 aromatic heterocycles. The number of nitrogens with one attached hydrogen (secondary N) is 1. The van der Waals surface area contributed by atoms with Crippen molar-refractivity contribution in [3.8, 4) is 11.5 Å². The van der Waals surface area contributed by atoms with Crippen molar-refractivity contribution < 1.29 is 19.0 Å². The third-order valence-electron chi connectivity index (χ3n) is 3.20. The molecule has 1 amide bonds. The van der Waals surface area contributed by atoms with E-state index in [0.29, 0.717) is 28.6 Å². The van der Waals surface area contributed by atoms with Crippen LogP contribution in [0.5, 0.6) is 11.5 Å². The first-order valence-electron chi connectivity index (χ1n) is 6.23. The Bertz CT molecular complexity index is 500. The average molecular weight is 284 g/mol. The predicted octanol–water partition coefficient (Wildman–Crippen LogP) is 1.98. The zero-order chi connectivity index (χ0) is 13.2. The number of rotatable bonds is 3. The molecule has 0 spiro atoms. The van der Waals surface area contributed by atoms with Crippen molar-refractivity contribution in [2.24, 2.45) is 0 Å². The van der Waals surface area contributed by atoms with E-state index in [1.165, 1.54) is 0 Å². The second-order valence-corrected chi connectivity index (χ2v) is 4.94. The summed E-state index contributed by atoms with van der Waals surface area (Å²) in [5, 5.41) is 3.23. The second-order valence-electron chi connectivity index (χ2n) is 4.54. The molecule has 102 valence electrons. The Hall–Kier alpha value is -1.46. The van der Waals surface area contributed by atoms with E-state index in [9.17, 15) is 4.79 Å². The van der Waals surface area contributed by atoms with Gasteiger partial charge < -0.3 is 19.5 Å². The molecule has 0 radical (unpaired) electrons. The molecule has 2 heterocycles. The van der Waals surface area contributed by atoms with E-state index >= 15 is 0 Å². The topological polar surface area (TPSA) is 56.8 Å². The number of hydrogen-bond donors (Lipinski definition) is 1. The summed E-state index contributed by atoms with van der Waals surface area (Å²) in [6.45, 7) is 1.43. The largest absolute Gasteiger partial charge is 0.454 e. The number of carbonyl (C=O) groups is 1. The molecule has 5 nitrogen and oxygen atoms in total. The van der Waals surface area contributed by atoms with Gasteiger partial charge in [0, 0.05) is 18.7 Å². The molecule has 1 N–H and O–H groups in total. The molecule has 1 saturated heterocycles. The number of benzene rings is 1. The summed E-state index contributed by atoms with van der Waals surface area (Å²) in [6, 6.07) is 3.22. The normalized spacial score (nSPS) is 20.6. The van der Waals surface area contributed by atoms with E-state index in [1.807, 2.05) is 0 Å². The summed E-state index contributed by atoms with van der Waals surface area (Å²) < 4.78 is 15.9. The third kappa shape index (κ3) is 2.62. The van der Waals surface area contributed by atoms with Crippen LogP contribution in [0.1, 0.15) is 23.2 Å².